The van der Waals surface area contributed by atoms with Crippen LogP contribution in [0.5, 0.6) is 0 Å². The summed E-state index contributed by atoms with van der Waals surface area (Å²) in [5, 5.41) is 0. The normalized spacial score (nSPS) is 46.9. The Bertz CT molecular complexity index is 656. The second-order valence-corrected chi connectivity index (χ2v) is 8.00. The fourth-order valence-electron chi connectivity index (χ4n) is 5.81. The number of hydrogen-bond donors (Lipinski definition) is 0. The summed E-state index contributed by atoms with van der Waals surface area (Å²) >= 11 is 0. The quantitative estimate of drug-likeness (QED) is 0.690. The number of fused-ring (bicyclic) bond motifs is 5. The lowest BCUT2D eigenvalue weighted by molar-refractivity contribution is -0.147. The number of allylic oxidation sites excluding steroid dienone is 4. The Balaban J connectivity index is 1.79. The highest BCUT2D eigenvalue weighted by Gasteiger charge is 2.61. The minimum atomic E-state index is -0.427. The van der Waals surface area contributed by atoms with E-state index in [1.165, 1.54) is 0 Å². The Morgan fingerprint density at radius 3 is 2.64 bits per heavy atom. The molecule has 0 saturated heterocycles. The van der Waals surface area contributed by atoms with Crippen LogP contribution in [-0.2, 0) is 14.4 Å². The van der Waals surface area contributed by atoms with Gasteiger partial charge in [-0.25, -0.2) is 0 Å². The van der Waals surface area contributed by atoms with E-state index in [9.17, 15) is 14.4 Å². The van der Waals surface area contributed by atoms with Crippen molar-refractivity contribution in [3.63, 3.8) is 0 Å². The summed E-state index contributed by atoms with van der Waals surface area (Å²) in [6.07, 6.45) is 9.08. The van der Waals surface area contributed by atoms with Crippen LogP contribution in [0.15, 0.2) is 23.8 Å². The monoisotopic (exact) mass is 298 g/mol. The predicted molar refractivity (Wildman–Crippen MR) is 82.0 cm³/mol. The summed E-state index contributed by atoms with van der Waals surface area (Å²) in [5.41, 5.74) is 0.368. The van der Waals surface area contributed by atoms with Gasteiger partial charge in [0.25, 0.3) is 0 Å². The van der Waals surface area contributed by atoms with E-state index in [0.29, 0.717) is 18.8 Å². The van der Waals surface area contributed by atoms with Gasteiger partial charge in [-0.3, -0.25) is 14.4 Å². The van der Waals surface area contributed by atoms with Gasteiger partial charge >= 0.3 is 0 Å². The molecule has 0 aromatic heterocycles. The molecular formula is C19H22O3. The van der Waals surface area contributed by atoms with Crippen molar-refractivity contribution in [2.24, 2.45) is 28.6 Å². The number of ketones is 3. The van der Waals surface area contributed by atoms with E-state index in [0.717, 1.165) is 24.8 Å². The second-order valence-electron chi connectivity index (χ2n) is 8.00. The summed E-state index contributed by atoms with van der Waals surface area (Å²) in [6, 6.07) is 0. The molecule has 3 heteroatoms. The molecule has 0 amide bonds. The minimum Gasteiger partial charge on any atom is -0.299 e. The highest BCUT2D eigenvalue weighted by molar-refractivity contribution is 6.02. The second kappa shape index (κ2) is 4.27. The van der Waals surface area contributed by atoms with Crippen molar-refractivity contribution in [2.75, 3.05) is 0 Å². The first kappa shape index (κ1) is 14.1. The first-order chi connectivity index (χ1) is 10.4. The van der Waals surface area contributed by atoms with Gasteiger partial charge in [-0.1, -0.05) is 25.5 Å². The van der Waals surface area contributed by atoms with E-state index in [1.807, 2.05) is 13.0 Å². The molecule has 3 nitrogen and oxygen atoms in total. The van der Waals surface area contributed by atoms with Gasteiger partial charge in [0.05, 0.1) is 0 Å². The molecular weight excluding hydrogens is 276 g/mol. The third-order valence-corrected chi connectivity index (χ3v) is 6.97. The topological polar surface area (TPSA) is 51.2 Å². The summed E-state index contributed by atoms with van der Waals surface area (Å²) in [5.74, 6) is 1.12. The Kier molecular flexibility index (Phi) is 2.74. The maximum absolute atomic E-state index is 13.0. The van der Waals surface area contributed by atoms with Gasteiger partial charge in [-0.15, -0.1) is 0 Å². The Hall–Kier alpha value is -1.51. The van der Waals surface area contributed by atoms with E-state index in [4.69, 9.17) is 0 Å². The summed E-state index contributed by atoms with van der Waals surface area (Å²) in [7, 11) is 0. The molecule has 22 heavy (non-hydrogen) atoms. The Morgan fingerprint density at radius 1 is 1.09 bits per heavy atom. The number of rotatable bonds is 0. The average Bonchev–Trinajstić information content (AvgIpc) is 2.75. The van der Waals surface area contributed by atoms with Crippen LogP contribution in [0.4, 0.5) is 0 Å². The zero-order chi connectivity index (χ0) is 15.7. The zero-order valence-corrected chi connectivity index (χ0v) is 13.2. The highest BCUT2D eigenvalue weighted by Crippen LogP contribution is 2.62. The van der Waals surface area contributed by atoms with Crippen LogP contribution >= 0.6 is 0 Å². The van der Waals surface area contributed by atoms with E-state index in [1.54, 1.807) is 12.2 Å². The summed E-state index contributed by atoms with van der Waals surface area (Å²) in [4.78, 5) is 37.0. The van der Waals surface area contributed by atoms with Crippen LogP contribution in [0.2, 0.25) is 0 Å². The van der Waals surface area contributed by atoms with Gasteiger partial charge in [-0.2, -0.15) is 0 Å². The molecule has 0 aliphatic heterocycles. The van der Waals surface area contributed by atoms with Crippen molar-refractivity contribution in [2.45, 2.75) is 46.0 Å². The zero-order valence-electron chi connectivity index (χ0n) is 13.2. The molecule has 0 bridgehead atoms. The molecule has 0 aromatic carbocycles. The third-order valence-electron chi connectivity index (χ3n) is 6.97. The number of hydrogen-bond acceptors (Lipinski definition) is 3. The molecule has 0 N–H and O–H groups in total. The summed E-state index contributed by atoms with van der Waals surface area (Å²) < 4.78 is 0. The van der Waals surface area contributed by atoms with Crippen LogP contribution in [0.3, 0.4) is 0 Å². The Labute approximate surface area is 130 Å². The highest BCUT2D eigenvalue weighted by atomic mass is 16.1. The number of carbonyl (C=O) groups excluding carboxylic acids is 3. The molecule has 0 heterocycles. The van der Waals surface area contributed by atoms with Crippen molar-refractivity contribution in [3.8, 4) is 0 Å². The van der Waals surface area contributed by atoms with Crippen LogP contribution in [-0.4, -0.2) is 17.3 Å². The van der Waals surface area contributed by atoms with Crippen LogP contribution in [0.1, 0.15) is 46.0 Å². The van der Waals surface area contributed by atoms with E-state index in [2.05, 4.69) is 6.92 Å². The fraction of sp³-hybridized carbons (Fsp3) is 0.632. The largest absolute Gasteiger partial charge is 0.299 e. The van der Waals surface area contributed by atoms with Crippen LogP contribution in [0, 0.1) is 28.6 Å². The molecule has 3 saturated carbocycles. The standard InChI is InChI=1S/C19H22O3/c1-18-8-7-12(20)9-11(18)3-4-13-14-5-6-16(22)19(14,2)10-15(21)17(13)18/h7-9,13-14,17H,3-6,10H2,1-2H3/t13-,14-,17+,18-,19-/m0/s1. The maximum atomic E-state index is 13.0. The average molecular weight is 298 g/mol. The van der Waals surface area contributed by atoms with Gasteiger partial charge in [0.2, 0.25) is 0 Å². The van der Waals surface area contributed by atoms with Gasteiger partial charge < -0.3 is 0 Å². The lowest BCUT2D eigenvalue weighted by atomic mass is 9.48. The van der Waals surface area contributed by atoms with Crippen LogP contribution in [0.25, 0.3) is 0 Å². The van der Waals surface area contributed by atoms with Gasteiger partial charge in [0.1, 0.15) is 11.6 Å². The van der Waals surface area contributed by atoms with Gasteiger partial charge in [0, 0.05) is 29.6 Å². The number of Topliss-reactive ketones (excluding diaryl/α,β-unsaturated/α-hetero) is 2. The molecule has 4 aliphatic rings. The van der Waals surface area contributed by atoms with Crippen molar-refractivity contribution in [1.29, 1.82) is 0 Å². The van der Waals surface area contributed by atoms with Gasteiger partial charge in [-0.05, 0) is 43.3 Å². The molecule has 0 radical (unpaired) electrons. The van der Waals surface area contributed by atoms with E-state index >= 15 is 0 Å². The lowest BCUT2D eigenvalue weighted by Crippen LogP contribution is -2.54. The molecule has 4 rings (SSSR count). The molecule has 0 aromatic rings. The van der Waals surface area contributed by atoms with Gasteiger partial charge in [0.15, 0.2) is 5.78 Å². The third kappa shape index (κ3) is 1.60. The lowest BCUT2D eigenvalue weighted by Gasteiger charge is -2.54. The molecule has 116 valence electrons. The molecule has 3 fully saturated rings. The Morgan fingerprint density at radius 2 is 1.86 bits per heavy atom. The fourth-order valence-corrected chi connectivity index (χ4v) is 5.81. The maximum Gasteiger partial charge on any atom is 0.178 e. The van der Waals surface area contributed by atoms with Crippen molar-refractivity contribution >= 4 is 17.3 Å². The predicted octanol–water partition coefficient (Wildman–Crippen LogP) is 3.04. The van der Waals surface area contributed by atoms with Crippen molar-refractivity contribution in [3.05, 3.63) is 23.8 Å². The first-order valence-corrected chi connectivity index (χ1v) is 8.36. The van der Waals surface area contributed by atoms with Crippen molar-refractivity contribution < 1.29 is 14.4 Å². The van der Waals surface area contributed by atoms with Crippen LogP contribution < -0.4 is 0 Å². The summed E-state index contributed by atoms with van der Waals surface area (Å²) in [6.45, 7) is 4.12. The molecule has 5 atom stereocenters. The minimum absolute atomic E-state index is 0.0371. The molecule has 4 aliphatic carbocycles. The first-order valence-electron chi connectivity index (χ1n) is 8.36. The molecule has 0 unspecified atom stereocenters. The smallest absolute Gasteiger partial charge is 0.178 e. The van der Waals surface area contributed by atoms with E-state index in [-0.39, 0.29) is 34.6 Å². The number of carbonyl (C=O) groups is 3. The van der Waals surface area contributed by atoms with Crippen molar-refractivity contribution in [1.82, 2.24) is 0 Å². The molecule has 0 spiro atoms. The SMILES string of the molecule is C[C@]12C=CC(=O)C=C1CC[C@@H]1[C@@H]2C(=O)C[C@]2(C)C(=O)CC[C@@H]12. The van der Waals surface area contributed by atoms with E-state index < -0.39 is 5.41 Å².